The molecule has 0 aromatic heterocycles. The predicted octanol–water partition coefficient (Wildman–Crippen LogP) is 2.21. The Morgan fingerprint density at radius 2 is 1.64 bits per heavy atom. The van der Waals surface area contributed by atoms with Crippen molar-refractivity contribution in [3.8, 4) is 0 Å². The van der Waals surface area contributed by atoms with E-state index in [0.29, 0.717) is 0 Å². The van der Waals surface area contributed by atoms with E-state index in [9.17, 15) is 13.2 Å². The number of rotatable bonds is 6. The van der Waals surface area contributed by atoms with Crippen molar-refractivity contribution in [2.75, 3.05) is 20.8 Å². The molecule has 0 aliphatic carbocycles. The molecule has 0 amide bonds. The molecular formula is C7H15F3O3Si. The maximum atomic E-state index is 12.0. The molecule has 86 valence electrons. The van der Waals surface area contributed by atoms with Gasteiger partial charge in [-0.25, -0.2) is 0 Å². The zero-order valence-corrected chi connectivity index (χ0v) is 9.48. The molecule has 0 saturated carbocycles. The zero-order chi connectivity index (χ0) is 11.2. The van der Waals surface area contributed by atoms with Crippen molar-refractivity contribution in [3.63, 3.8) is 0 Å². The highest BCUT2D eigenvalue weighted by Gasteiger charge is 2.42. The van der Waals surface area contributed by atoms with Gasteiger partial charge in [0.15, 0.2) is 0 Å². The van der Waals surface area contributed by atoms with Crippen LogP contribution in [0, 0.1) is 0 Å². The quantitative estimate of drug-likeness (QED) is 0.657. The van der Waals surface area contributed by atoms with E-state index in [1.54, 1.807) is 6.92 Å². The summed E-state index contributed by atoms with van der Waals surface area (Å²) in [7, 11) is -0.459. The van der Waals surface area contributed by atoms with Crippen LogP contribution in [0.4, 0.5) is 13.2 Å². The van der Waals surface area contributed by atoms with Crippen molar-refractivity contribution in [1.82, 2.24) is 0 Å². The van der Waals surface area contributed by atoms with Crippen LogP contribution in [0.3, 0.4) is 0 Å². The summed E-state index contributed by atoms with van der Waals surface area (Å²) < 4.78 is 50.8. The normalized spacial score (nSPS) is 13.3. The highest BCUT2D eigenvalue weighted by Crippen LogP contribution is 2.27. The lowest BCUT2D eigenvalue weighted by Crippen LogP contribution is -2.44. The molecule has 0 aliphatic rings. The molecule has 0 N–H and O–H groups in total. The molecule has 0 aliphatic heterocycles. The molecule has 0 fully saturated rings. The number of hydrogen-bond acceptors (Lipinski definition) is 3. The summed E-state index contributed by atoms with van der Waals surface area (Å²) in [4.78, 5) is 0. The molecule has 0 bridgehead atoms. The van der Waals surface area contributed by atoms with Gasteiger partial charge in [0.25, 0.3) is 0 Å². The van der Waals surface area contributed by atoms with Crippen LogP contribution < -0.4 is 0 Å². The molecule has 0 aromatic rings. The first kappa shape index (κ1) is 13.9. The Labute approximate surface area is 82.5 Å². The first-order valence-corrected chi connectivity index (χ1v) is 6.13. The first-order valence-electron chi connectivity index (χ1n) is 4.20. The van der Waals surface area contributed by atoms with E-state index in [2.05, 4.69) is 0 Å². The molecule has 0 heterocycles. The Balaban J connectivity index is 4.21. The summed E-state index contributed by atoms with van der Waals surface area (Å²) in [6, 6.07) is -0.239. The van der Waals surface area contributed by atoms with Gasteiger partial charge in [0.1, 0.15) is 0 Å². The average molecular weight is 232 g/mol. The monoisotopic (exact) mass is 232 g/mol. The van der Waals surface area contributed by atoms with E-state index in [1.807, 2.05) is 0 Å². The maximum Gasteiger partial charge on any atom is 0.500 e. The van der Waals surface area contributed by atoms with Gasteiger partial charge in [0.05, 0.1) is 0 Å². The Bertz CT molecular complexity index is 159. The summed E-state index contributed by atoms with van der Waals surface area (Å²) in [5.41, 5.74) is 0. The minimum Gasteiger partial charge on any atom is -0.377 e. The van der Waals surface area contributed by atoms with E-state index < -0.39 is 21.4 Å². The largest absolute Gasteiger partial charge is 0.500 e. The zero-order valence-electron chi connectivity index (χ0n) is 8.48. The summed E-state index contributed by atoms with van der Waals surface area (Å²) >= 11 is 0. The lowest BCUT2D eigenvalue weighted by molar-refractivity contribution is -0.133. The molecular weight excluding hydrogens is 217 g/mol. The van der Waals surface area contributed by atoms with Gasteiger partial charge in [-0.05, 0) is 6.92 Å². The maximum absolute atomic E-state index is 12.0. The van der Waals surface area contributed by atoms with Gasteiger partial charge in [-0.3, -0.25) is 0 Å². The highest BCUT2D eigenvalue weighted by molar-refractivity contribution is 6.60. The van der Waals surface area contributed by atoms with Crippen LogP contribution >= 0.6 is 0 Å². The summed E-state index contributed by atoms with van der Waals surface area (Å²) in [6.45, 7) is 1.97. The molecule has 0 radical (unpaired) electrons. The van der Waals surface area contributed by atoms with Crippen LogP contribution in [0.15, 0.2) is 0 Å². The van der Waals surface area contributed by atoms with E-state index in [1.165, 1.54) is 14.2 Å². The summed E-state index contributed by atoms with van der Waals surface area (Å²) in [6.07, 6.45) is -5.15. The minimum atomic E-state index is -4.20. The van der Waals surface area contributed by atoms with Crippen LogP contribution in [0.1, 0.15) is 13.3 Å². The van der Waals surface area contributed by atoms with Crippen molar-refractivity contribution in [2.45, 2.75) is 25.6 Å². The highest BCUT2D eigenvalue weighted by atomic mass is 28.4. The second kappa shape index (κ2) is 5.69. The van der Waals surface area contributed by atoms with Crippen LogP contribution in [0.5, 0.6) is 0 Å². The van der Waals surface area contributed by atoms with E-state index >= 15 is 0 Å². The number of halogens is 3. The molecule has 0 unspecified atom stereocenters. The molecule has 14 heavy (non-hydrogen) atoms. The van der Waals surface area contributed by atoms with E-state index in [-0.39, 0.29) is 12.7 Å². The second-order valence-corrected chi connectivity index (χ2v) is 5.61. The van der Waals surface area contributed by atoms with Gasteiger partial charge >= 0.3 is 15.0 Å². The standard InChI is InChI=1S/C7H15F3O3Si/c1-4-13-14(11-2,12-3)6-5-7(8,9)10/h4-6H2,1-3H3. The van der Waals surface area contributed by atoms with Crippen molar-refractivity contribution in [1.29, 1.82) is 0 Å². The van der Waals surface area contributed by atoms with Gasteiger partial charge < -0.3 is 13.3 Å². The number of hydrogen-bond donors (Lipinski definition) is 0. The average Bonchev–Trinajstić information content (AvgIpc) is 2.11. The van der Waals surface area contributed by atoms with E-state index in [4.69, 9.17) is 13.3 Å². The van der Waals surface area contributed by atoms with Gasteiger partial charge in [-0.1, -0.05) is 0 Å². The smallest absolute Gasteiger partial charge is 0.377 e. The predicted molar refractivity (Wildman–Crippen MR) is 46.9 cm³/mol. The Morgan fingerprint density at radius 1 is 1.14 bits per heavy atom. The van der Waals surface area contributed by atoms with Crippen LogP contribution in [-0.4, -0.2) is 35.8 Å². The van der Waals surface area contributed by atoms with Crippen LogP contribution in [0.2, 0.25) is 6.04 Å². The Hall–Kier alpha value is -0.113. The number of alkyl halides is 3. The molecule has 3 nitrogen and oxygen atoms in total. The van der Waals surface area contributed by atoms with Crippen molar-refractivity contribution >= 4 is 8.80 Å². The first-order chi connectivity index (χ1) is 6.39. The summed E-state index contributed by atoms with van der Waals surface area (Å²) in [5, 5.41) is 0. The van der Waals surface area contributed by atoms with Crippen molar-refractivity contribution < 1.29 is 26.4 Å². The third-order valence-electron chi connectivity index (χ3n) is 1.70. The van der Waals surface area contributed by atoms with Crippen LogP contribution in [0.25, 0.3) is 0 Å². The lowest BCUT2D eigenvalue weighted by atomic mass is 10.5. The second-order valence-electron chi connectivity index (χ2n) is 2.64. The van der Waals surface area contributed by atoms with Crippen LogP contribution in [-0.2, 0) is 13.3 Å². The fraction of sp³-hybridized carbons (Fsp3) is 1.00. The molecule has 0 saturated heterocycles. The van der Waals surface area contributed by atoms with Gasteiger partial charge in [0, 0.05) is 33.3 Å². The molecule has 0 spiro atoms. The van der Waals surface area contributed by atoms with E-state index in [0.717, 1.165) is 0 Å². The van der Waals surface area contributed by atoms with Gasteiger partial charge in [-0.15, -0.1) is 0 Å². The molecule has 0 aromatic carbocycles. The third kappa shape index (κ3) is 4.94. The SMILES string of the molecule is CCO[Si](CCC(F)(F)F)(OC)OC. The molecule has 0 rings (SSSR count). The topological polar surface area (TPSA) is 27.7 Å². The Morgan fingerprint density at radius 3 is 1.93 bits per heavy atom. The lowest BCUT2D eigenvalue weighted by Gasteiger charge is -2.26. The Kier molecular flexibility index (Phi) is 5.65. The third-order valence-corrected chi connectivity index (χ3v) is 4.54. The molecule has 7 heteroatoms. The minimum absolute atomic E-state index is 0.239. The summed E-state index contributed by atoms with van der Waals surface area (Å²) in [5.74, 6) is 0. The fourth-order valence-electron chi connectivity index (χ4n) is 0.992. The van der Waals surface area contributed by atoms with Crippen molar-refractivity contribution in [3.05, 3.63) is 0 Å². The fourth-order valence-corrected chi connectivity index (χ4v) is 2.98. The molecule has 0 atom stereocenters. The van der Waals surface area contributed by atoms with Gasteiger partial charge in [0.2, 0.25) is 0 Å². The van der Waals surface area contributed by atoms with Gasteiger partial charge in [-0.2, -0.15) is 13.2 Å². The van der Waals surface area contributed by atoms with Crippen molar-refractivity contribution in [2.24, 2.45) is 0 Å².